The van der Waals surface area contributed by atoms with Crippen LogP contribution < -0.4 is 14.4 Å². The molecule has 0 saturated carbocycles. The van der Waals surface area contributed by atoms with Crippen LogP contribution in [0.4, 0.5) is 5.69 Å². The van der Waals surface area contributed by atoms with Crippen LogP contribution >= 0.6 is 0 Å². The number of carboxylic acids is 1. The monoisotopic (exact) mass is 263 g/mol. The van der Waals surface area contributed by atoms with E-state index in [0.717, 1.165) is 36.7 Å². The number of hydrogen-bond donors (Lipinski definition) is 1. The lowest BCUT2D eigenvalue weighted by atomic mass is 9.86. The number of hydrogen-bond acceptors (Lipinski definition) is 4. The molecule has 19 heavy (non-hydrogen) atoms. The molecule has 0 spiro atoms. The van der Waals surface area contributed by atoms with E-state index in [0.29, 0.717) is 0 Å². The minimum atomic E-state index is -0.727. The third kappa shape index (κ3) is 2.32. The van der Waals surface area contributed by atoms with E-state index in [1.165, 1.54) is 0 Å². The van der Waals surface area contributed by atoms with Crippen LogP contribution in [0.5, 0.6) is 11.5 Å². The molecule has 2 heterocycles. The smallest absolute Gasteiger partial charge is 0.303 e. The minimum Gasteiger partial charge on any atom is -0.481 e. The molecule has 5 nitrogen and oxygen atoms in total. The van der Waals surface area contributed by atoms with Crippen molar-refractivity contribution in [2.75, 3.05) is 24.8 Å². The van der Waals surface area contributed by atoms with Crippen LogP contribution in [0.3, 0.4) is 0 Å². The second-order valence-electron chi connectivity index (χ2n) is 5.59. The van der Waals surface area contributed by atoms with Crippen molar-refractivity contribution in [3.8, 4) is 11.5 Å². The number of benzene rings is 1. The van der Waals surface area contributed by atoms with Crippen molar-refractivity contribution in [2.24, 2.45) is 5.41 Å². The summed E-state index contributed by atoms with van der Waals surface area (Å²) in [4.78, 5) is 13.1. The summed E-state index contributed by atoms with van der Waals surface area (Å²) in [6.45, 7) is 3.95. The SMILES string of the molecule is CC1(CC(=O)O)CCN(c2ccc3c(c2)OCO3)C1. The van der Waals surface area contributed by atoms with Crippen molar-refractivity contribution in [3.05, 3.63) is 18.2 Å². The topological polar surface area (TPSA) is 59.0 Å². The number of anilines is 1. The molecule has 1 atom stereocenters. The van der Waals surface area contributed by atoms with Gasteiger partial charge >= 0.3 is 5.97 Å². The fraction of sp³-hybridized carbons (Fsp3) is 0.500. The van der Waals surface area contributed by atoms with Crippen molar-refractivity contribution in [1.29, 1.82) is 0 Å². The fourth-order valence-electron chi connectivity index (χ4n) is 2.84. The number of ether oxygens (including phenoxy) is 2. The molecule has 2 aliphatic heterocycles. The summed E-state index contributed by atoms with van der Waals surface area (Å²) in [5.74, 6) is 0.815. The second-order valence-corrected chi connectivity index (χ2v) is 5.59. The van der Waals surface area contributed by atoms with Gasteiger partial charge in [0.2, 0.25) is 6.79 Å². The average molecular weight is 263 g/mol. The zero-order valence-electron chi connectivity index (χ0n) is 10.9. The highest BCUT2D eigenvalue weighted by Crippen LogP contribution is 2.40. The predicted molar refractivity (Wildman–Crippen MR) is 69.8 cm³/mol. The molecule has 5 heteroatoms. The average Bonchev–Trinajstić information content (AvgIpc) is 2.93. The lowest BCUT2D eigenvalue weighted by Crippen LogP contribution is -2.26. The van der Waals surface area contributed by atoms with Gasteiger partial charge in [0.05, 0.1) is 6.42 Å². The highest BCUT2D eigenvalue weighted by Gasteiger charge is 2.36. The van der Waals surface area contributed by atoms with E-state index in [1.807, 2.05) is 25.1 Å². The summed E-state index contributed by atoms with van der Waals surface area (Å²) in [6.07, 6.45) is 1.11. The molecule has 0 radical (unpaired) electrons. The molecule has 1 N–H and O–H groups in total. The van der Waals surface area contributed by atoms with Crippen molar-refractivity contribution in [1.82, 2.24) is 0 Å². The quantitative estimate of drug-likeness (QED) is 0.905. The summed E-state index contributed by atoms with van der Waals surface area (Å²) < 4.78 is 10.7. The Morgan fingerprint density at radius 2 is 2.21 bits per heavy atom. The third-order valence-corrected chi connectivity index (χ3v) is 3.86. The lowest BCUT2D eigenvalue weighted by Gasteiger charge is -2.24. The van der Waals surface area contributed by atoms with Gasteiger partial charge in [0.25, 0.3) is 0 Å². The molecule has 102 valence electrons. The Morgan fingerprint density at radius 1 is 1.42 bits per heavy atom. The van der Waals surface area contributed by atoms with Crippen LogP contribution in [-0.4, -0.2) is 31.0 Å². The van der Waals surface area contributed by atoms with Crippen LogP contribution in [0.1, 0.15) is 19.8 Å². The van der Waals surface area contributed by atoms with Gasteiger partial charge in [0.15, 0.2) is 11.5 Å². The number of rotatable bonds is 3. The van der Waals surface area contributed by atoms with E-state index in [2.05, 4.69) is 4.90 Å². The minimum absolute atomic E-state index is 0.151. The first-order valence-electron chi connectivity index (χ1n) is 6.42. The molecule has 0 aliphatic carbocycles. The Balaban J connectivity index is 1.76. The fourth-order valence-corrected chi connectivity index (χ4v) is 2.84. The maximum Gasteiger partial charge on any atom is 0.303 e. The maximum absolute atomic E-state index is 10.9. The number of carboxylic acid groups (broad SMARTS) is 1. The maximum atomic E-state index is 10.9. The first-order chi connectivity index (χ1) is 9.06. The normalized spacial score (nSPS) is 24.8. The number of fused-ring (bicyclic) bond motifs is 1. The van der Waals surface area contributed by atoms with Gasteiger partial charge in [-0.1, -0.05) is 6.92 Å². The van der Waals surface area contributed by atoms with Crippen molar-refractivity contribution in [3.63, 3.8) is 0 Å². The van der Waals surface area contributed by atoms with Gasteiger partial charge in [0, 0.05) is 24.8 Å². The summed E-state index contributed by atoms with van der Waals surface area (Å²) >= 11 is 0. The van der Waals surface area contributed by atoms with Gasteiger partial charge in [-0.3, -0.25) is 4.79 Å². The van der Waals surface area contributed by atoms with Crippen molar-refractivity contribution >= 4 is 11.7 Å². The zero-order valence-corrected chi connectivity index (χ0v) is 10.9. The summed E-state index contributed by atoms with van der Waals surface area (Å²) in [6, 6.07) is 5.87. The molecule has 0 aromatic heterocycles. The molecule has 1 unspecified atom stereocenters. The van der Waals surface area contributed by atoms with Gasteiger partial charge in [-0.15, -0.1) is 0 Å². The highest BCUT2D eigenvalue weighted by molar-refractivity contribution is 5.68. The Labute approximate surface area is 111 Å². The van der Waals surface area contributed by atoms with E-state index in [1.54, 1.807) is 0 Å². The van der Waals surface area contributed by atoms with Gasteiger partial charge < -0.3 is 19.5 Å². The van der Waals surface area contributed by atoms with E-state index in [9.17, 15) is 4.79 Å². The van der Waals surface area contributed by atoms with Gasteiger partial charge in [-0.05, 0) is 24.0 Å². The Kier molecular flexibility index (Phi) is 2.77. The largest absolute Gasteiger partial charge is 0.481 e. The molecule has 0 amide bonds. The van der Waals surface area contributed by atoms with Gasteiger partial charge in [0.1, 0.15) is 0 Å². The van der Waals surface area contributed by atoms with E-state index < -0.39 is 5.97 Å². The van der Waals surface area contributed by atoms with E-state index >= 15 is 0 Å². The van der Waals surface area contributed by atoms with E-state index in [4.69, 9.17) is 14.6 Å². The molecular weight excluding hydrogens is 246 g/mol. The third-order valence-electron chi connectivity index (χ3n) is 3.86. The first-order valence-corrected chi connectivity index (χ1v) is 6.42. The number of carbonyl (C=O) groups is 1. The molecule has 1 saturated heterocycles. The zero-order chi connectivity index (χ0) is 13.5. The number of aliphatic carboxylic acids is 1. The summed E-state index contributed by atoms with van der Waals surface area (Å²) in [7, 11) is 0. The molecule has 0 bridgehead atoms. The Hall–Kier alpha value is -1.91. The molecule has 1 aromatic carbocycles. The molecular formula is C14H17NO4. The van der Waals surface area contributed by atoms with Crippen LogP contribution in [0.25, 0.3) is 0 Å². The molecule has 2 aliphatic rings. The Morgan fingerprint density at radius 3 is 3.00 bits per heavy atom. The highest BCUT2D eigenvalue weighted by atomic mass is 16.7. The van der Waals surface area contributed by atoms with E-state index in [-0.39, 0.29) is 18.6 Å². The summed E-state index contributed by atoms with van der Waals surface area (Å²) in [5, 5.41) is 8.97. The first kappa shape index (κ1) is 12.1. The van der Waals surface area contributed by atoms with Crippen molar-refractivity contribution < 1.29 is 19.4 Å². The molecule has 1 aromatic rings. The van der Waals surface area contributed by atoms with Crippen LogP contribution in [0.15, 0.2) is 18.2 Å². The summed E-state index contributed by atoms with van der Waals surface area (Å²) in [5.41, 5.74) is 0.917. The lowest BCUT2D eigenvalue weighted by molar-refractivity contribution is -0.139. The number of nitrogens with zero attached hydrogens (tertiary/aromatic N) is 1. The van der Waals surface area contributed by atoms with Gasteiger partial charge in [-0.25, -0.2) is 0 Å². The standard InChI is InChI=1S/C14H17NO4/c1-14(7-13(16)17)4-5-15(8-14)10-2-3-11-12(6-10)19-9-18-11/h2-3,6H,4-5,7-9H2,1H3,(H,16,17). The van der Waals surface area contributed by atoms with Crippen molar-refractivity contribution in [2.45, 2.75) is 19.8 Å². The van der Waals surface area contributed by atoms with Crippen LogP contribution in [0, 0.1) is 5.41 Å². The predicted octanol–water partition coefficient (Wildman–Crippen LogP) is 2.11. The van der Waals surface area contributed by atoms with Gasteiger partial charge in [-0.2, -0.15) is 0 Å². The van der Waals surface area contributed by atoms with Crippen LogP contribution in [-0.2, 0) is 4.79 Å². The van der Waals surface area contributed by atoms with Crippen LogP contribution in [0.2, 0.25) is 0 Å². The molecule has 1 fully saturated rings. The second kappa shape index (κ2) is 4.33. The molecule has 3 rings (SSSR count). The Bertz CT molecular complexity index is 516.